The van der Waals surface area contributed by atoms with Crippen molar-refractivity contribution in [2.24, 2.45) is 5.41 Å². The molecule has 2 aromatic carbocycles. The van der Waals surface area contributed by atoms with Gasteiger partial charge in [-0.05, 0) is 80.9 Å². The number of carbonyl (C=O) groups excluding carboxylic acids is 1. The molecule has 35 heavy (non-hydrogen) atoms. The number of benzene rings is 2. The lowest BCUT2D eigenvalue weighted by molar-refractivity contribution is -0.145. The highest BCUT2D eigenvalue weighted by Gasteiger charge is 2.53. The van der Waals surface area contributed by atoms with Crippen molar-refractivity contribution in [2.75, 3.05) is 20.6 Å². The Hall–Kier alpha value is -2.66. The molecule has 1 aromatic heterocycles. The molecule has 4 nitrogen and oxygen atoms in total. The van der Waals surface area contributed by atoms with Crippen LogP contribution in [0.15, 0.2) is 48.5 Å². The van der Waals surface area contributed by atoms with E-state index in [1.807, 2.05) is 6.07 Å². The van der Waals surface area contributed by atoms with Gasteiger partial charge in [0.15, 0.2) is 0 Å². The summed E-state index contributed by atoms with van der Waals surface area (Å²) in [5.41, 5.74) is 4.08. The van der Waals surface area contributed by atoms with E-state index in [2.05, 4.69) is 80.0 Å². The van der Waals surface area contributed by atoms with Crippen LogP contribution in [0.5, 0.6) is 0 Å². The molecule has 0 bridgehead atoms. The van der Waals surface area contributed by atoms with Crippen LogP contribution in [0.25, 0.3) is 10.9 Å². The van der Waals surface area contributed by atoms with E-state index in [0.29, 0.717) is 6.42 Å². The second-order valence-electron chi connectivity index (χ2n) is 12.0. The summed E-state index contributed by atoms with van der Waals surface area (Å²) in [5, 5.41) is 1.28. The highest BCUT2D eigenvalue weighted by atomic mass is 19.1. The van der Waals surface area contributed by atoms with Gasteiger partial charge < -0.3 is 9.88 Å². The first-order valence-corrected chi connectivity index (χ1v) is 12.9. The Morgan fingerprint density at radius 2 is 1.77 bits per heavy atom. The van der Waals surface area contributed by atoms with E-state index in [4.69, 9.17) is 0 Å². The second-order valence-corrected chi connectivity index (χ2v) is 12.0. The molecule has 1 fully saturated rings. The molecule has 0 atom stereocenters. The van der Waals surface area contributed by atoms with E-state index in [-0.39, 0.29) is 28.2 Å². The number of nitrogens with zero attached hydrogens (tertiary/aromatic N) is 2. The lowest BCUT2D eigenvalue weighted by Gasteiger charge is -2.55. The lowest BCUT2D eigenvalue weighted by atomic mass is 9.65. The Morgan fingerprint density at radius 3 is 2.43 bits per heavy atom. The molecule has 186 valence electrons. The van der Waals surface area contributed by atoms with Gasteiger partial charge in [0.2, 0.25) is 5.91 Å². The Bertz CT molecular complexity index is 1240. The first-order chi connectivity index (χ1) is 16.6. The molecule has 2 heterocycles. The maximum atomic E-state index is 14.3. The Balaban J connectivity index is 1.60. The molecule has 0 unspecified atom stereocenters. The van der Waals surface area contributed by atoms with Crippen LogP contribution in [0.2, 0.25) is 0 Å². The van der Waals surface area contributed by atoms with Crippen molar-refractivity contribution in [1.82, 2.24) is 14.8 Å². The first kappa shape index (κ1) is 24.1. The molecular weight excluding hydrogens is 437 g/mol. The van der Waals surface area contributed by atoms with Gasteiger partial charge in [0.25, 0.3) is 0 Å². The molecule has 1 N–H and O–H groups in total. The van der Waals surface area contributed by atoms with E-state index >= 15 is 0 Å². The molecule has 1 aliphatic heterocycles. The van der Waals surface area contributed by atoms with Gasteiger partial charge in [-0.15, -0.1) is 0 Å². The highest BCUT2D eigenvalue weighted by Crippen LogP contribution is 2.54. The van der Waals surface area contributed by atoms with Gasteiger partial charge in [0, 0.05) is 35.1 Å². The number of amides is 1. The lowest BCUT2D eigenvalue weighted by Crippen LogP contribution is -2.58. The predicted molar refractivity (Wildman–Crippen MR) is 140 cm³/mol. The number of H-pyrrole nitrogens is 1. The zero-order chi connectivity index (χ0) is 25.0. The van der Waals surface area contributed by atoms with Crippen molar-refractivity contribution in [2.45, 2.75) is 70.4 Å². The van der Waals surface area contributed by atoms with Crippen molar-refractivity contribution in [1.29, 1.82) is 0 Å². The van der Waals surface area contributed by atoms with Crippen LogP contribution >= 0.6 is 0 Å². The zero-order valence-corrected chi connectivity index (χ0v) is 21.7. The van der Waals surface area contributed by atoms with E-state index in [9.17, 15) is 9.18 Å². The van der Waals surface area contributed by atoms with Gasteiger partial charge in [-0.1, -0.05) is 51.1 Å². The molecule has 1 amide bonds. The predicted octanol–water partition coefficient (Wildman–Crippen LogP) is 6.35. The van der Waals surface area contributed by atoms with E-state index in [0.717, 1.165) is 49.7 Å². The molecule has 1 aliphatic carbocycles. The van der Waals surface area contributed by atoms with Gasteiger partial charge in [-0.2, -0.15) is 0 Å². The maximum absolute atomic E-state index is 14.3. The number of carbonyl (C=O) groups is 1. The molecule has 1 saturated carbocycles. The number of aromatic nitrogens is 1. The normalized spacial score (nSPS) is 24.8. The molecule has 0 saturated heterocycles. The molecule has 3 aromatic rings. The quantitative estimate of drug-likeness (QED) is 0.479. The van der Waals surface area contributed by atoms with Crippen LogP contribution in [0.1, 0.15) is 69.7 Å². The third kappa shape index (κ3) is 3.98. The minimum Gasteiger partial charge on any atom is -0.356 e. The monoisotopic (exact) mass is 475 g/mol. The smallest absolute Gasteiger partial charge is 0.223 e. The third-order valence-electron chi connectivity index (χ3n) is 8.49. The fourth-order valence-electron chi connectivity index (χ4n) is 6.71. The van der Waals surface area contributed by atoms with Crippen molar-refractivity contribution in [3.8, 4) is 0 Å². The maximum Gasteiger partial charge on any atom is 0.223 e. The van der Waals surface area contributed by atoms with Gasteiger partial charge in [0.1, 0.15) is 5.82 Å². The highest BCUT2D eigenvalue weighted by molar-refractivity contribution is 5.87. The minimum absolute atomic E-state index is 0.0668. The number of halogens is 1. The van der Waals surface area contributed by atoms with E-state index in [1.165, 1.54) is 22.7 Å². The average molecular weight is 476 g/mol. The summed E-state index contributed by atoms with van der Waals surface area (Å²) in [6.45, 7) is 7.16. The number of rotatable bonds is 3. The van der Waals surface area contributed by atoms with Gasteiger partial charge in [-0.25, -0.2) is 4.39 Å². The summed E-state index contributed by atoms with van der Waals surface area (Å²) < 4.78 is 14.3. The number of nitrogens with one attached hydrogen (secondary N) is 1. The van der Waals surface area contributed by atoms with Crippen LogP contribution in [0.4, 0.5) is 4.39 Å². The molecular formula is C30H38FN3O. The Labute approximate surface area is 208 Å². The summed E-state index contributed by atoms with van der Waals surface area (Å²) in [6.07, 6.45) is 4.82. The van der Waals surface area contributed by atoms with Crippen LogP contribution in [-0.2, 0) is 22.3 Å². The Morgan fingerprint density at radius 1 is 1.06 bits per heavy atom. The Kier molecular flexibility index (Phi) is 5.83. The largest absolute Gasteiger partial charge is 0.356 e. The number of para-hydroxylation sites is 1. The summed E-state index contributed by atoms with van der Waals surface area (Å²) in [5.74, 6) is 0.0477. The number of hydrogen-bond donors (Lipinski definition) is 1. The van der Waals surface area contributed by atoms with Gasteiger partial charge >= 0.3 is 0 Å². The summed E-state index contributed by atoms with van der Waals surface area (Å²) in [6, 6.07) is 15.6. The van der Waals surface area contributed by atoms with Crippen LogP contribution in [-0.4, -0.2) is 41.3 Å². The summed E-state index contributed by atoms with van der Waals surface area (Å²) in [4.78, 5) is 22.0. The summed E-state index contributed by atoms with van der Waals surface area (Å²) in [7, 11) is 4.20. The second kappa shape index (κ2) is 8.48. The number of fused-ring (bicyclic) bond motifs is 4. The summed E-state index contributed by atoms with van der Waals surface area (Å²) >= 11 is 0. The third-order valence-corrected chi connectivity index (χ3v) is 8.49. The molecule has 1 spiro atoms. The number of hydrogen-bond acceptors (Lipinski definition) is 2. The zero-order valence-electron chi connectivity index (χ0n) is 21.7. The van der Waals surface area contributed by atoms with Gasteiger partial charge in [0.05, 0.1) is 5.54 Å². The standard InChI is InChI=1S/C30H38FN3O/c1-28(2,3)20-26(35)34-18-13-24-23-11-6-7-12-25(23)32-27(24)30(34)16-14-29(15-17-30,33(4)5)21-9-8-10-22(31)19-21/h6-12,19,32H,13-18,20H2,1-5H3. The van der Waals surface area contributed by atoms with Crippen molar-refractivity contribution in [3.05, 3.63) is 71.2 Å². The number of aromatic amines is 1. The molecule has 5 rings (SSSR count). The van der Waals surface area contributed by atoms with Crippen LogP contribution < -0.4 is 0 Å². The van der Waals surface area contributed by atoms with Crippen LogP contribution in [0.3, 0.4) is 0 Å². The van der Waals surface area contributed by atoms with Gasteiger partial charge in [-0.3, -0.25) is 9.69 Å². The molecule has 5 heteroatoms. The fraction of sp³-hybridized carbons (Fsp3) is 0.500. The first-order valence-electron chi connectivity index (χ1n) is 12.9. The van der Waals surface area contributed by atoms with Crippen molar-refractivity contribution in [3.63, 3.8) is 0 Å². The molecule has 2 aliphatic rings. The fourth-order valence-corrected chi connectivity index (χ4v) is 6.71. The minimum atomic E-state index is -0.359. The van der Waals surface area contributed by atoms with Crippen molar-refractivity contribution < 1.29 is 9.18 Å². The average Bonchev–Trinajstić information content (AvgIpc) is 3.18. The van der Waals surface area contributed by atoms with E-state index in [1.54, 1.807) is 6.07 Å². The van der Waals surface area contributed by atoms with Crippen LogP contribution in [0, 0.1) is 11.2 Å². The topological polar surface area (TPSA) is 39.3 Å². The molecule has 0 radical (unpaired) electrons. The van der Waals surface area contributed by atoms with Crippen molar-refractivity contribution >= 4 is 16.8 Å². The SMILES string of the molecule is CN(C)C1(c2cccc(F)c2)CCC2(CC1)c1[nH]c3ccccc3c1CCN2C(=O)CC(C)(C)C. The van der Waals surface area contributed by atoms with E-state index < -0.39 is 0 Å².